The predicted octanol–water partition coefficient (Wildman–Crippen LogP) is 1.24. The van der Waals surface area contributed by atoms with E-state index in [9.17, 15) is 4.79 Å². The third-order valence-electron chi connectivity index (χ3n) is 3.20. The Labute approximate surface area is 101 Å². The van der Waals surface area contributed by atoms with Crippen LogP contribution in [-0.2, 0) is 9.53 Å². The minimum Gasteiger partial charge on any atom is -0.467 e. The van der Waals surface area contributed by atoms with Crippen LogP contribution in [0.1, 0.15) is 24.2 Å². The maximum atomic E-state index is 11.6. The number of nitrogens with zero attached hydrogens (tertiary/aromatic N) is 3. The van der Waals surface area contributed by atoms with Crippen LogP contribution in [0.3, 0.4) is 0 Å². The third-order valence-corrected chi connectivity index (χ3v) is 3.20. The van der Waals surface area contributed by atoms with Crippen LogP contribution in [0.15, 0.2) is 6.20 Å². The molecule has 1 fully saturated rings. The summed E-state index contributed by atoms with van der Waals surface area (Å²) in [7, 11) is 1.42. The molecule has 1 aromatic rings. The van der Waals surface area contributed by atoms with E-state index < -0.39 is 0 Å². The van der Waals surface area contributed by atoms with Gasteiger partial charge in [-0.3, -0.25) is 4.98 Å². The van der Waals surface area contributed by atoms with Gasteiger partial charge in [0, 0.05) is 6.54 Å². The Morgan fingerprint density at radius 3 is 2.88 bits per heavy atom. The van der Waals surface area contributed by atoms with Crippen molar-refractivity contribution in [2.24, 2.45) is 0 Å². The van der Waals surface area contributed by atoms with Crippen molar-refractivity contribution in [1.29, 1.82) is 0 Å². The monoisotopic (exact) mass is 235 g/mol. The van der Waals surface area contributed by atoms with Crippen LogP contribution in [-0.4, -0.2) is 35.6 Å². The van der Waals surface area contributed by atoms with E-state index in [1.54, 1.807) is 6.20 Å². The summed E-state index contributed by atoms with van der Waals surface area (Å²) < 4.78 is 4.81. The van der Waals surface area contributed by atoms with Crippen LogP contribution in [0.2, 0.25) is 0 Å². The molecule has 5 heteroatoms. The zero-order chi connectivity index (χ0) is 12.4. The lowest BCUT2D eigenvalue weighted by Gasteiger charge is -2.23. The lowest BCUT2D eigenvalue weighted by atomic mass is 10.2. The summed E-state index contributed by atoms with van der Waals surface area (Å²) in [5.74, 6) is 0.573. The molecule has 1 aliphatic heterocycles. The number of esters is 1. The van der Waals surface area contributed by atoms with Crippen molar-refractivity contribution in [3.8, 4) is 0 Å². The standard InChI is InChI=1S/C12H17N3O2/c1-8-9(2)14-11(7-13-8)15-6-4-5-10(15)12(16)17-3/h7,10H,4-6H2,1-3H3. The van der Waals surface area contributed by atoms with Crippen molar-refractivity contribution in [1.82, 2.24) is 9.97 Å². The fraction of sp³-hybridized carbons (Fsp3) is 0.583. The van der Waals surface area contributed by atoms with Gasteiger partial charge in [0.1, 0.15) is 11.9 Å². The Morgan fingerprint density at radius 2 is 2.24 bits per heavy atom. The summed E-state index contributed by atoms with van der Waals surface area (Å²) in [5.41, 5.74) is 1.82. The average molecular weight is 235 g/mol. The molecule has 2 heterocycles. The van der Waals surface area contributed by atoms with Crippen molar-refractivity contribution >= 4 is 11.8 Å². The molecule has 0 bridgehead atoms. The molecule has 0 spiro atoms. The fourth-order valence-corrected chi connectivity index (χ4v) is 2.09. The molecule has 92 valence electrons. The Kier molecular flexibility index (Phi) is 3.26. The van der Waals surface area contributed by atoms with Gasteiger partial charge in [-0.15, -0.1) is 0 Å². The van der Waals surface area contributed by atoms with E-state index in [0.29, 0.717) is 0 Å². The molecule has 1 atom stereocenters. The highest BCUT2D eigenvalue weighted by Gasteiger charge is 2.32. The van der Waals surface area contributed by atoms with E-state index in [2.05, 4.69) is 9.97 Å². The first-order valence-corrected chi connectivity index (χ1v) is 5.78. The van der Waals surface area contributed by atoms with E-state index >= 15 is 0 Å². The lowest BCUT2D eigenvalue weighted by molar-refractivity contribution is -0.141. The molecule has 1 unspecified atom stereocenters. The van der Waals surface area contributed by atoms with E-state index in [-0.39, 0.29) is 12.0 Å². The molecular formula is C12H17N3O2. The molecule has 2 rings (SSSR count). The Balaban J connectivity index is 2.26. The molecule has 1 aliphatic rings. The minimum absolute atomic E-state index is 0.192. The molecule has 0 radical (unpaired) electrons. The molecule has 1 saturated heterocycles. The smallest absolute Gasteiger partial charge is 0.328 e. The lowest BCUT2D eigenvalue weighted by Crippen LogP contribution is -2.37. The highest BCUT2D eigenvalue weighted by molar-refractivity contribution is 5.80. The van der Waals surface area contributed by atoms with Crippen molar-refractivity contribution in [3.05, 3.63) is 17.6 Å². The van der Waals surface area contributed by atoms with Crippen LogP contribution < -0.4 is 4.90 Å². The van der Waals surface area contributed by atoms with Crippen LogP contribution in [0.25, 0.3) is 0 Å². The van der Waals surface area contributed by atoms with Crippen molar-refractivity contribution in [2.75, 3.05) is 18.6 Å². The summed E-state index contributed by atoms with van der Waals surface area (Å²) in [6, 6.07) is -0.212. The summed E-state index contributed by atoms with van der Waals surface area (Å²) in [5, 5.41) is 0. The summed E-state index contributed by atoms with van der Waals surface area (Å²) >= 11 is 0. The van der Waals surface area contributed by atoms with Gasteiger partial charge in [-0.1, -0.05) is 0 Å². The van der Waals surface area contributed by atoms with Gasteiger partial charge in [-0.2, -0.15) is 0 Å². The molecule has 0 amide bonds. The molecule has 5 nitrogen and oxygen atoms in total. The van der Waals surface area contributed by atoms with E-state index in [1.807, 2.05) is 18.7 Å². The number of hydrogen-bond donors (Lipinski definition) is 0. The third kappa shape index (κ3) is 2.23. The maximum absolute atomic E-state index is 11.6. The number of anilines is 1. The first kappa shape index (κ1) is 11.8. The Bertz CT molecular complexity index is 434. The molecule has 1 aromatic heterocycles. The van der Waals surface area contributed by atoms with Crippen LogP contribution >= 0.6 is 0 Å². The van der Waals surface area contributed by atoms with Crippen LogP contribution in [0.4, 0.5) is 5.82 Å². The van der Waals surface area contributed by atoms with Gasteiger partial charge in [0.05, 0.1) is 24.7 Å². The molecular weight excluding hydrogens is 218 g/mol. The first-order chi connectivity index (χ1) is 8.13. The largest absolute Gasteiger partial charge is 0.467 e. The van der Waals surface area contributed by atoms with Crippen LogP contribution in [0, 0.1) is 13.8 Å². The molecule has 0 N–H and O–H groups in total. The molecule has 0 aliphatic carbocycles. The first-order valence-electron chi connectivity index (χ1n) is 5.78. The normalized spacial score (nSPS) is 19.5. The number of hydrogen-bond acceptors (Lipinski definition) is 5. The second-order valence-electron chi connectivity index (χ2n) is 4.27. The molecule has 0 aromatic carbocycles. The minimum atomic E-state index is -0.212. The summed E-state index contributed by atoms with van der Waals surface area (Å²) in [6.45, 7) is 4.68. The zero-order valence-electron chi connectivity index (χ0n) is 10.4. The Hall–Kier alpha value is -1.65. The number of rotatable bonds is 2. The number of ether oxygens (including phenoxy) is 1. The van der Waals surface area contributed by atoms with Gasteiger partial charge in [-0.05, 0) is 26.7 Å². The summed E-state index contributed by atoms with van der Waals surface area (Å²) in [4.78, 5) is 22.4. The predicted molar refractivity (Wildman–Crippen MR) is 63.9 cm³/mol. The average Bonchev–Trinajstić information content (AvgIpc) is 2.80. The number of carbonyl (C=O) groups is 1. The van der Waals surface area contributed by atoms with Gasteiger partial charge in [-0.25, -0.2) is 9.78 Å². The van der Waals surface area contributed by atoms with Gasteiger partial charge in [0.2, 0.25) is 0 Å². The number of carbonyl (C=O) groups excluding carboxylic acids is 1. The van der Waals surface area contributed by atoms with Crippen LogP contribution in [0.5, 0.6) is 0 Å². The number of aryl methyl sites for hydroxylation is 2. The SMILES string of the molecule is COC(=O)C1CCCN1c1cnc(C)c(C)n1. The van der Waals surface area contributed by atoms with Gasteiger partial charge >= 0.3 is 5.97 Å². The second kappa shape index (κ2) is 4.69. The molecule has 17 heavy (non-hydrogen) atoms. The van der Waals surface area contributed by atoms with E-state index in [0.717, 1.165) is 36.6 Å². The van der Waals surface area contributed by atoms with Crippen molar-refractivity contribution in [2.45, 2.75) is 32.7 Å². The number of methoxy groups -OCH3 is 1. The quantitative estimate of drug-likeness (QED) is 0.722. The highest BCUT2D eigenvalue weighted by Crippen LogP contribution is 2.24. The number of aromatic nitrogens is 2. The van der Waals surface area contributed by atoms with Gasteiger partial charge in [0.15, 0.2) is 0 Å². The summed E-state index contributed by atoms with van der Waals surface area (Å²) in [6.07, 6.45) is 3.53. The highest BCUT2D eigenvalue weighted by atomic mass is 16.5. The van der Waals surface area contributed by atoms with Gasteiger partial charge in [0.25, 0.3) is 0 Å². The topological polar surface area (TPSA) is 55.3 Å². The second-order valence-corrected chi connectivity index (χ2v) is 4.27. The van der Waals surface area contributed by atoms with Gasteiger partial charge < -0.3 is 9.64 Å². The zero-order valence-corrected chi connectivity index (χ0v) is 10.4. The van der Waals surface area contributed by atoms with Crippen molar-refractivity contribution < 1.29 is 9.53 Å². The van der Waals surface area contributed by atoms with E-state index in [1.165, 1.54) is 7.11 Å². The maximum Gasteiger partial charge on any atom is 0.328 e. The Morgan fingerprint density at radius 1 is 1.47 bits per heavy atom. The molecule has 0 saturated carbocycles. The van der Waals surface area contributed by atoms with Crippen molar-refractivity contribution in [3.63, 3.8) is 0 Å². The fourth-order valence-electron chi connectivity index (χ4n) is 2.09. The van der Waals surface area contributed by atoms with E-state index in [4.69, 9.17) is 4.74 Å².